The van der Waals surface area contributed by atoms with Gasteiger partial charge in [0.2, 0.25) is 5.78 Å². The van der Waals surface area contributed by atoms with E-state index in [2.05, 4.69) is 5.32 Å². The molecule has 1 unspecified atom stereocenters. The average Bonchev–Trinajstić information content (AvgIpc) is 3.04. The van der Waals surface area contributed by atoms with Crippen LogP contribution in [-0.4, -0.2) is 18.3 Å². The van der Waals surface area contributed by atoms with E-state index in [1.54, 1.807) is 13.0 Å². The van der Waals surface area contributed by atoms with Gasteiger partial charge in [-0.05, 0) is 24.6 Å². The maximum atomic E-state index is 15.7. The number of hydrogen-bond acceptors (Lipinski definition) is 4. The van der Waals surface area contributed by atoms with Crippen LogP contribution in [0.1, 0.15) is 22.8 Å². The van der Waals surface area contributed by atoms with Gasteiger partial charge >= 0.3 is 0 Å². The van der Waals surface area contributed by atoms with Gasteiger partial charge in [0.1, 0.15) is 5.00 Å². The standard InChI is InChI=1S/C21H14F3NO3S/c1-2-28-14-9-8-11(10-13(14)22)15-16-17(26)21(24,12-6-4-3-5-7-12)20(27)25-19(16)29-18(15)23/h3-10H,2H2,1H3,(H,25,27). The van der Waals surface area contributed by atoms with Gasteiger partial charge in [-0.15, -0.1) is 0 Å². The van der Waals surface area contributed by atoms with E-state index in [0.29, 0.717) is 11.3 Å². The molecule has 0 saturated carbocycles. The zero-order valence-electron chi connectivity index (χ0n) is 15.1. The Morgan fingerprint density at radius 2 is 1.79 bits per heavy atom. The summed E-state index contributed by atoms with van der Waals surface area (Å²) in [6.45, 7) is 1.93. The van der Waals surface area contributed by atoms with Crippen LogP contribution in [0.15, 0.2) is 48.5 Å². The number of rotatable bonds is 4. The summed E-state index contributed by atoms with van der Waals surface area (Å²) in [5.74, 6) is -3.14. The van der Waals surface area contributed by atoms with Crippen LogP contribution in [0.2, 0.25) is 0 Å². The van der Waals surface area contributed by atoms with Gasteiger partial charge in [0.05, 0.1) is 12.2 Å². The number of carbonyl (C=O) groups excluding carboxylic acids is 2. The van der Waals surface area contributed by atoms with Crippen LogP contribution in [0.4, 0.5) is 18.2 Å². The smallest absolute Gasteiger partial charge is 0.275 e. The van der Waals surface area contributed by atoms with Gasteiger partial charge in [-0.1, -0.05) is 47.7 Å². The van der Waals surface area contributed by atoms with Crippen molar-refractivity contribution in [2.24, 2.45) is 0 Å². The third kappa shape index (κ3) is 2.91. The van der Waals surface area contributed by atoms with Gasteiger partial charge in [0.15, 0.2) is 16.7 Å². The van der Waals surface area contributed by atoms with Crippen LogP contribution in [0, 0.1) is 10.9 Å². The molecule has 1 aliphatic rings. The molecule has 0 radical (unpaired) electrons. The minimum atomic E-state index is -3.01. The summed E-state index contributed by atoms with van der Waals surface area (Å²) < 4.78 is 49.9. The van der Waals surface area contributed by atoms with E-state index in [1.807, 2.05) is 0 Å². The molecule has 1 aliphatic heterocycles. The highest BCUT2D eigenvalue weighted by Gasteiger charge is 2.54. The number of amides is 1. The Kier molecular flexibility index (Phi) is 4.66. The first-order chi connectivity index (χ1) is 13.9. The van der Waals surface area contributed by atoms with Crippen molar-refractivity contribution in [3.8, 4) is 16.9 Å². The van der Waals surface area contributed by atoms with E-state index in [9.17, 15) is 18.4 Å². The van der Waals surface area contributed by atoms with E-state index >= 15 is 4.39 Å². The third-order valence-corrected chi connectivity index (χ3v) is 5.53. The number of hydrogen-bond donors (Lipinski definition) is 1. The maximum absolute atomic E-state index is 15.7. The van der Waals surface area contributed by atoms with E-state index < -0.39 is 28.3 Å². The summed E-state index contributed by atoms with van der Waals surface area (Å²) in [5.41, 5.74) is -3.71. The molecule has 0 bridgehead atoms. The molecule has 4 nitrogen and oxygen atoms in total. The highest BCUT2D eigenvalue weighted by atomic mass is 32.1. The third-order valence-electron chi connectivity index (χ3n) is 4.64. The summed E-state index contributed by atoms with van der Waals surface area (Å²) in [6, 6.07) is 10.9. The van der Waals surface area contributed by atoms with Crippen molar-refractivity contribution < 1.29 is 27.5 Å². The summed E-state index contributed by atoms with van der Waals surface area (Å²) in [5, 5.41) is 1.35. The number of thiophene rings is 1. The van der Waals surface area contributed by atoms with E-state index in [0.717, 1.165) is 6.07 Å². The Bertz CT molecular complexity index is 1130. The summed E-state index contributed by atoms with van der Waals surface area (Å²) in [7, 11) is 0. The second kappa shape index (κ2) is 7.04. The van der Waals surface area contributed by atoms with Crippen LogP contribution in [0.5, 0.6) is 5.75 Å². The Labute approximate surface area is 167 Å². The van der Waals surface area contributed by atoms with Crippen LogP contribution in [0.3, 0.4) is 0 Å². The Balaban J connectivity index is 1.88. The Hall–Kier alpha value is -3.13. The number of Topliss-reactive ketones (excluding diaryl/α,β-unsaturated/α-hetero) is 1. The maximum Gasteiger partial charge on any atom is 0.275 e. The fraction of sp³-hybridized carbons (Fsp3) is 0.143. The van der Waals surface area contributed by atoms with Crippen molar-refractivity contribution >= 4 is 28.0 Å². The first kappa shape index (κ1) is 19.2. The Morgan fingerprint density at radius 3 is 2.45 bits per heavy atom. The monoisotopic (exact) mass is 417 g/mol. The van der Waals surface area contributed by atoms with Crippen molar-refractivity contribution in [2.45, 2.75) is 12.6 Å². The lowest BCUT2D eigenvalue weighted by Gasteiger charge is -2.28. The normalized spacial score (nSPS) is 18.3. The molecule has 8 heteroatoms. The van der Waals surface area contributed by atoms with Gasteiger partial charge in [0, 0.05) is 11.1 Å². The number of ether oxygens (including phenoxy) is 1. The number of halogens is 3. The van der Waals surface area contributed by atoms with E-state index in [-0.39, 0.29) is 39.6 Å². The minimum absolute atomic E-state index is 0.0236. The highest BCUT2D eigenvalue weighted by molar-refractivity contribution is 7.15. The molecule has 1 aromatic heterocycles. The first-order valence-corrected chi connectivity index (χ1v) is 9.55. The number of carbonyl (C=O) groups is 2. The van der Waals surface area contributed by atoms with Gasteiger partial charge < -0.3 is 10.1 Å². The molecule has 2 heterocycles. The SMILES string of the molecule is CCOc1ccc(-c2c(F)sc3c2C(=O)C(F)(c2ccccc2)C(=O)N3)cc1F. The second-order valence-electron chi connectivity index (χ2n) is 6.34. The number of alkyl halides is 1. The van der Waals surface area contributed by atoms with Gasteiger partial charge in [-0.2, -0.15) is 4.39 Å². The second-order valence-corrected chi connectivity index (χ2v) is 7.31. The van der Waals surface area contributed by atoms with E-state index in [1.165, 1.54) is 36.4 Å². The van der Waals surface area contributed by atoms with Crippen molar-refractivity contribution in [1.82, 2.24) is 0 Å². The van der Waals surface area contributed by atoms with Gasteiger partial charge in [0.25, 0.3) is 11.6 Å². The molecule has 29 heavy (non-hydrogen) atoms. The van der Waals surface area contributed by atoms with Crippen molar-refractivity contribution in [3.05, 3.63) is 70.6 Å². The molecular formula is C21H14F3NO3S. The van der Waals surface area contributed by atoms with Crippen LogP contribution in [-0.2, 0) is 10.5 Å². The number of anilines is 1. The molecule has 1 atom stereocenters. The largest absolute Gasteiger partial charge is 0.491 e. The van der Waals surface area contributed by atoms with Crippen LogP contribution in [0.25, 0.3) is 11.1 Å². The molecule has 0 spiro atoms. The van der Waals surface area contributed by atoms with Gasteiger partial charge in [-0.3, -0.25) is 9.59 Å². The fourth-order valence-electron chi connectivity index (χ4n) is 3.29. The lowest BCUT2D eigenvalue weighted by atomic mass is 9.83. The molecule has 2 aromatic carbocycles. The molecule has 1 amide bonds. The number of fused-ring (bicyclic) bond motifs is 1. The van der Waals surface area contributed by atoms with Crippen LogP contribution >= 0.6 is 11.3 Å². The molecule has 1 N–H and O–H groups in total. The molecule has 148 valence electrons. The Morgan fingerprint density at radius 1 is 1.07 bits per heavy atom. The summed E-state index contributed by atoms with van der Waals surface area (Å²) in [6.07, 6.45) is 0. The summed E-state index contributed by atoms with van der Waals surface area (Å²) in [4.78, 5) is 25.5. The molecule has 0 aliphatic carbocycles. The number of nitrogens with one attached hydrogen (secondary N) is 1. The lowest BCUT2D eigenvalue weighted by molar-refractivity contribution is -0.125. The van der Waals surface area contributed by atoms with Crippen molar-refractivity contribution in [1.29, 1.82) is 0 Å². The van der Waals surface area contributed by atoms with E-state index in [4.69, 9.17) is 4.74 Å². The van der Waals surface area contributed by atoms with Crippen LogP contribution < -0.4 is 10.1 Å². The molecule has 4 rings (SSSR count). The molecular weight excluding hydrogens is 403 g/mol. The predicted molar refractivity (Wildman–Crippen MR) is 103 cm³/mol. The molecule has 3 aromatic rings. The van der Waals surface area contributed by atoms with Gasteiger partial charge in [-0.25, -0.2) is 8.78 Å². The fourth-order valence-corrected chi connectivity index (χ4v) is 4.23. The zero-order chi connectivity index (χ0) is 20.8. The highest BCUT2D eigenvalue weighted by Crippen LogP contribution is 2.47. The lowest BCUT2D eigenvalue weighted by Crippen LogP contribution is -2.47. The number of benzene rings is 2. The quantitative estimate of drug-likeness (QED) is 0.602. The average molecular weight is 417 g/mol. The summed E-state index contributed by atoms with van der Waals surface area (Å²) >= 11 is 0.496. The molecule has 0 fully saturated rings. The number of ketones is 1. The zero-order valence-corrected chi connectivity index (χ0v) is 15.9. The van der Waals surface area contributed by atoms with Crippen molar-refractivity contribution in [3.63, 3.8) is 0 Å². The minimum Gasteiger partial charge on any atom is -0.491 e. The first-order valence-electron chi connectivity index (χ1n) is 8.73. The predicted octanol–water partition coefficient (Wildman–Crippen LogP) is 5.09. The molecule has 0 saturated heterocycles. The topological polar surface area (TPSA) is 55.4 Å². The van der Waals surface area contributed by atoms with Crippen molar-refractivity contribution in [2.75, 3.05) is 11.9 Å².